The molecule has 2 N–H and O–H groups in total. The van der Waals surface area contributed by atoms with Crippen molar-refractivity contribution in [3.8, 4) is 0 Å². The van der Waals surface area contributed by atoms with Gasteiger partial charge >= 0.3 is 0 Å². The molecular formula is C13H20BrClN2O. The van der Waals surface area contributed by atoms with Crippen LogP contribution < -0.4 is 5.73 Å². The Bertz CT molecular complexity index is 376. The molecule has 5 heteroatoms. The van der Waals surface area contributed by atoms with Crippen LogP contribution in [0.2, 0.25) is 5.02 Å². The van der Waals surface area contributed by atoms with E-state index in [1.807, 2.05) is 32.2 Å². The Morgan fingerprint density at radius 2 is 2.22 bits per heavy atom. The zero-order valence-corrected chi connectivity index (χ0v) is 13.2. The van der Waals surface area contributed by atoms with Crippen LogP contribution in [0.25, 0.3) is 0 Å². The molecule has 1 rings (SSSR count). The highest BCUT2D eigenvalue weighted by atomic mass is 79.9. The molecule has 1 unspecified atom stereocenters. The second-order valence-electron chi connectivity index (χ2n) is 4.09. The predicted molar refractivity (Wildman–Crippen MR) is 80.1 cm³/mol. The van der Waals surface area contributed by atoms with E-state index in [2.05, 4.69) is 20.8 Å². The number of nitrogens with zero attached hydrogens (tertiary/aromatic N) is 1. The number of ether oxygens (including phenoxy) is 1. The van der Waals surface area contributed by atoms with Gasteiger partial charge in [0, 0.05) is 35.2 Å². The first-order valence-electron chi connectivity index (χ1n) is 6.03. The molecule has 0 fully saturated rings. The minimum atomic E-state index is 0.107. The summed E-state index contributed by atoms with van der Waals surface area (Å²) in [5.41, 5.74) is 6.92. The average molecular weight is 336 g/mol. The van der Waals surface area contributed by atoms with Crippen molar-refractivity contribution in [3.05, 3.63) is 33.3 Å². The third-order valence-corrected chi connectivity index (χ3v) is 3.70. The minimum absolute atomic E-state index is 0.107. The van der Waals surface area contributed by atoms with Crippen LogP contribution in [0, 0.1) is 0 Å². The summed E-state index contributed by atoms with van der Waals surface area (Å²) in [5.74, 6) is 0. The fourth-order valence-corrected chi connectivity index (χ4v) is 2.45. The molecule has 102 valence electrons. The van der Waals surface area contributed by atoms with Gasteiger partial charge in [0.1, 0.15) is 0 Å². The molecule has 0 spiro atoms. The van der Waals surface area contributed by atoms with Gasteiger partial charge in [-0.3, -0.25) is 4.90 Å². The van der Waals surface area contributed by atoms with Gasteiger partial charge in [0.15, 0.2) is 0 Å². The van der Waals surface area contributed by atoms with Crippen molar-refractivity contribution in [1.29, 1.82) is 0 Å². The maximum Gasteiger partial charge on any atom is 0.0593 e. The normalized spacial score (nSPS) is 13.0. The number of hydrogen-bond donors (Lipinski definition) is 1. The van der Waals surface area contributed by atoms with Crippen LogP contribution in [-0.4, -0.2) is 38.3 Å². The van der Waals surface area contributed by atoms with Crippen LogP contribution in [0.1, 0.15) is 18.5 Å². The van der Waals surface area contributed by atoms with Crippen molar-refractivity contribution < 1.29 is 4.74 Å². The zero-order chi connectivity index (χ0) is 13.5. The number of halogens is 2. The SMILES string of the molecule is CCOCCN(C)C(CN)c1cc(Br)ccc1Cl. The average Bonchev–Trinajstić information content (AvgIpc) is 2.35. The zero-order valence-electron chi connectivity index (χ0n) is 10.8. The summed E-state index contributed by atoms with van der Waals surface area (Å²) in [5, 5.41) is 0.747. The summed E-state index contributed by atoms with van der Waals surface area (Å²) in [4.78, 5) is 2.17. The van der Waals surface area contributed by atoms with Crippen LogP contribution in [0.5, 0.6) is 0 Å². The van der Waals surface area contributed by atoms with Gasteiger partial charge in [0.25, 0.3) is 0 Å². The number of hydrogen-bond acceptors (Lipinski definition) is 3. The van der Waals surface area contributed by atoms with E-state index < -0.39 is 0 Å². The van der Waals surface area contributed by atoms with Gasteiger partial charge in [-0.1, -0.05) is 27.5 Å². The fraction of sp³-hybridized carbons (Fsp3) is 0.538. The predicted octanol–water partition coefficient (Wildman–Crippen LogP) is 3.07. The van der Waals surface area contributed by atoms with Crippen LogP contribution in [0.4, 0.5) is 0 Å². The van der Waals surface area contributed by atoms with E-state index in [1.165, 1.54) is 0 Å². The van der Waals surface area contributed by atoms with E-state index in [4.69, 9.17) is 22.1 Å². The van der Waals surface area contributed by atoms with Gasteiger partial charge in [-0.2, -0.15) is 0 Å². The Morgan fingerprint density at radius 1 is 1.50 bits per heavy atom. The highest BCUT2D eigenvalue weighted by Gasteiger charge is 2.18. The molecule has 3 nitrogen and oxygen atoms in total. The lowest BCUT2D eigenvalue weighted by Crippen LogP contribution is -2.33. The molecule has 0 heterocycles. The lowest BCUT2D eigenvalue weighted by molar-refractivity contribution is 0.108. The standard InChI is InChI=1S/C13H20BrClN2O/c1-3-18-7-6-17(2)13(9-16)11-8-10(14)4-5-12(11)15/h4-5,8,13H,3,6-7,9,16H2,1-2H3. The molecule has 0 radical (unpaired) electrons. The lowest BCUT2D eigenvalue weighted by atomic mass is 10.1. The Morgan fingerprint density at radius 3 is 2.83 bits per heavy atom. The second kappa shape index (κ2) is 8.12. The Labute approximate surface area is 122 Å². The van der Waals surface area contributed by atoms with Crippen molar-refractivity contribution in [2.24, 2.45) is 5.73 Å². The van der Waals surface area contributed by atoms with E-state index in [-0.39, 0.29) is 6.04 Å². The number of nitrogens with two attached hydrogens (primary N) is 1. The second-order valence-corrected chi connectivity index (χ2v) is 5.42. The molecule has 0 aliphatic heterocycles. The van der Waals surface area contributed by atoms with E-state index in [9.17, 15) is 0 Å². The highest BCUT2D eigenvalue weighted by Crippen LogP contribution is 2.29. The topological polar surface area (TPSA) is 38.5 Å². The van der Waals surface area contributed by atoms with Crippen LogP contribution in [-0.2, 0) is 4.74 Å². The molecule has 0 saturated carbocycles. The van der Waals surface area contributed by atoms with Gasteiger partial charge in [-0.25, -0.2) is 0 Å². The number of rotatable bonds is 7. The van der Waals surface area contributed by atoms with Crippen LogP contribution >= 0.6 is 27.5 Å². The van der Waals surface area contributed by atoms with E-state index in [1.54, 1.807) is 0 Å². The van der Waals surface area contributed by atoms with E-state index in [0.29, 0.717) is 13.2 Å². The van der Waals surface area contributed by atoms with Gasteiger partial charge in [-0.05, 0) is 37.7 Å². The van der Waals surface area contributed by atoms with Crippen molar-refractivity contribution in [2.45, 2.75) is 13.0 Å². The molecule has 1 atom stereocenters. The molecule has 0 amide bonds. The van der Waals surface area contributed by atoms with Gasteiger partial charge < -0.3 is 10.5 Å². The minimum Gasteiger partial charge on any atom is -0.380 e. The maximum atomic E-state index is 6.24. The van der Waals surface area contributed by atoms with Crippen LogP contribution in [0.3, 0.4) is 0 Å². The van der Waals surface area contributed by atoms with Crippen molar-refractivity contribution in [2.75, 3.05) is 33.4 Å². The van der Waals surface area contributed by atoms with Gasteiger partial charge in [-0.15, -0.1) is 0 Å². The van der Waals surface area contributed by atoms with Crippen molar-refractivity contribution >= 4 is 27.5 Å². The largest absolute Gasteiger partial charge is 0.380 e. The monoisotopic (exact) mass is 334 g/mol. The smallest absolute Gasteiger partial charge is 0.0593 e. The third kappa shape index (κ3) is 4.52. The summed E-state index contributed by atoms with van der Waals surface area (Å²) < 4.78 is 6.38. The van der Waals surface area contributed by atoms with Gasteiger partial charge in [0.2, 0.25) is 0 Å². The Kier molecular flexibility index (Phi) is 7.19. The first-order chi connectivity index (χ1) is 8.60. The van der Waals surface area contributed by atoms with Gasteiger partial charge in [0.05, 0.1) is 6.61 Å². The van der Waals surface area contributed by atoms with Crippen molar-refractivity contribution in [1.82, 2.24) is 4.90 Å². The molecule has 1 aromatic rings. The summed E-state index contributed by atoms with van der Waals surface area (Å²) in [6.07, 6.45) is 0. The summed E-state index contributed by atoms with van der Waals surface area (Å²) in [6, 6.07) is 5.95. The molecule has 1 aromatic carbocycles. The molecule has 0 aromatic heterocycles. The summed E-state index contributed by atoms with van der Waals surface area (Å²) >= 11 is 9.70. The van der Waals surface area contributed by atoms with Crippen LogP contribution in [0.15, 0.2) is 22.7 Å². The van der Waals surface area contributed by atoms with E-state index >= 15 is 0 Å². The third-order valence-electron chi connectivity index (χ3n) is 2.86. The van der Waals surface area contributed by atoms with E-state index in [0.717, 1.165) is 28.2 Å². The maximum absolute atomic E-state index is 6.24. The molecule has 0 bridgehead atoms. The first-order valence-corrected chi connectivity index (χ1v) is 7.20. The summed E-state index contributed by atoms with van der Waals surface area (Å²) in [6.45, 7) is 4.79. The number of likely N-dealkylation sites (N-methyl/N-ethyl adjacent to an activating group) is 1. The molecule has 18 heavy (non-hydrogen) atoms. The summed E-state index contributed by atoms with van der Waals surface area (Å²) in [7, 11) is 2.04. The molecule has 0 aliphatic rings. The van der Waals surface area contributed by atoms with Crippen molar-refractivity contribution in [3.63, 3.8) is 0 Å². The number of benzene rings is 1. The molecule has 0 aliphatic carbocycles. The fourth-order valence-electron chi connectivity index (χ4n) is 1.82. The highest BCUT2D eigenvalue weighted by molar-refractivity contribution is 9.10. The quantitative estimate of drug-likeness (QED) is 0.778. The molecule has 0 saturated heterocycles. The molecular weight excluding hydrogens is 316 g/mol. The Hall–Kier alpha value is -0.130. The lowest BCUT2D eigenvalue weighted by Gasteiger charge is -2.28. The first kappa shape index (κ1) is 15.9. The Balaban J connectivity index is 2.78.